The van der Waals surface area contributed by atoms with Crippen LogP contribution in [-0.2, 0) is 12.5 Å². The maximum Gasteiger partial charge on any atom is 0.270 e. The van der Waals surface area contributed by atoms with Gasteiger partial charge in [0, 0.05) is 43.8 Å². The van der Waals surface area contributed by atoms with Crippen LogP contribution >= 0.6 is 0 Å². The van der Waals surface area contributed by atoms with E-state index in [4.69, 9.17) is 0 Å². The lowest BCUT2D eigenvalue weighted by atomic mass is 9.87. The van der Waals surface area contributed by atoms with Gasteiger partial charge < -0.3 is 15.2 Å². The van der Waals surface area contributed by atoms with Crippen LogP contribution in [0.2, 0.25) is 0 Å². The zero-order valence-electron chi connectivity index (χ0n) is 18.7. The second-order valence-electron chi connectivity index (χ2n) is 9.58. The number of likely N-dealkylation sites (tertiary alicyclic amines) is 1. The van der Waals surface area contributed by atoms with E-state index in [9.17, 15) is 9.59 Å². The van der Waals surface area contributed by atoms with Crippen LogP contribution in [0.4, 0.5) is 0 Å². The van der Waals surface area contributed by atoms with E-state index in [-0.39, 0.29) is 17.2 Å². The van der Waals surface area contributed by atoms with Gasteiger partial charge in [-0.25, -0.2) is 0 Å². The summed E-state index contributed by atoms with van der Waals surface area (Å²) in [7, 11) is 1.79. The number of aromatic amines is 1. The van der Waals surface area contributed by atoms with Crippen molar-refractivity contribution in [2.45, 2.75) is 39.0 Å². The van der Waals surface area contributed by atoms with Gasteiger partial charge in [-0.05, 0) is 41.9 Å². The molecule has 1 aliphatic heterocycles. The topological polar surface area (TPSA) is 83.0 Å². The molecule has 1 saturated heterocycles. The molecule has 1 fully saturated rings. The lowest BCUT2D eigenvalue weighted by Crippen LogP contribution is -2.41. The van der Waals surface area contributed by atoms with Gasteiger partial charge in [0.25, 0.3) is 11.8 Å². The third-order valence-electron chi connectivity index (χ3n) is 6.14. The van der Waals surface area contributed by atoms with E-state index >= 15 is 0 Å². The minimum absolute atomic E-state index is 0.0476. The summed E-state index contributed by atoms with van der Waals surface area (Å²) in [6.45, 7) is 8.59. The van der Waals surface area contributed by atoms with Crippen molar-refractivity contribution in [2.75, 3.05) is 19.6 Å². The fraction of sp³-hybridized carbons (Fsp3) is 0.458. The largest absolute Gasteiger partial charge is 0.352 e. The van der Waals surface area contributed by atoms with Crippen molar-refractivity contribution in [1.82, 2.24) is 25.0 Å². The third-order valence-corrected chi connectivity index (χ3v) is 6.14. The smallest absolute Gasteiger partial charge is 0.270 e. The molecule has 2 aromatic heterocycles. The molecule has 164 valence electrons. The van der Waals surface area contributed by atoms with Crippen LogP contribution in [-0.4, -0.2) is 51.1 Å². The van der Waals surface area contributed by atoms with Crippen LogP contribution in [0.15, 0.2) is 36.7 Å². The lowest BCUT2D eigenvalue weighted by molar-refractivity contribution is 0.0679. The second kappa shape index (κ2) is 8.21. The molecule has 0 spiro atoms. The summed E-state index contributed by atoms with van der Waals surface area (Å²) in [4.78, 5) is 30.5. The lowest BCUT2D eigenvalue weighted by Gasteiger charge is -2.31. The quantitative estimate of drug-likeness (QED) is 0.677. The number of nitrogens with one attached hydrogen (secondary N) is 2. The molecule has 0 atom stereocenters. The highest BCUT2D eigenvalue weighted by Crippen LogP contribution is 2.27. The monoisotopic (exact) mass is 421 g/mol. The van der Waals surface area contributed by atoms with E-state index in [1.54, 1.807) is 24.1 Å². The fourth-order valence-corrected chi connectivity index (χ4v) is 4.10. The normalized spacial score (nSPS) is 15.4. The molecule has 3 heterocycles. The van der Waals surface area contributed by atoms with Gasteiger partial charge >= 0.3 is 0 Å². The number of piperidine rings is 1. The minimum atomic E-state index is -0.0979. The van der Waals surface area contributed by atoms with E-state index in [1.807, 2.05) is 11.0 Å². The van der Waals surface area contributed by atoms with Crippen molar-refractivity contribution in [3.05, 3.63) is 53.5 Å². The summed E-state index contributed by atoms with van der Waals surface area (Å²) in [6.07, 6.45) is 5.05. The molecule has 7 heteroatoms. The van der Waals surface area contributed by atoms with E-state index in [2.05, 4.69) is 54.4 Å². The number of hydrogen-bond donors (Lipinski definition) is 2. The Labute approximate surface area is 182 Å². The second-order valence-corrected chi connectivity index (χ2v) is 9.58. The molecule has 0 bridgehead atoms. The number of fused-ring (bicyclic) bond motifs is 1. The molecule has 0 saturated carbocycles. The average molecular weight is 422 g/mol. The number of carbonyl (C=O) groups excluding carboxylic acids is 2. The Kier molecular flexibility index (Phi) is 5.60. The van der Waals surface area contributed by atoms with Crippen LogP contribution in [0.25, 0.3) is 10.9 Å². The first-order valence-corrected chi connectivity index (χ1v) is 10.9. The summed E-state index contributed by atoms with van der Waals surface area (Å²) in [6, 6.07) is 8.31. The van der Waals surface area contributed by atoms with Crippen molar-refractivity contribution in [3.8, 4) is 0 Å². The fourth-order valence-electron chi connectivity index (χ4n) is 4.10. The van der Waals surface area contributed by atoms with Gasteiger partial charge in [-0.15, -0.1) is 0 Å². The maximum absolute atomic E-state index is 13.0. The van der Waals surface area contributed by atoms with E-state index in [0.717, 1.165) is 23.7 Å². The van der Waals surface area contributed by atoms with E-state index in [1.165, 1.54) is 5.56 Å². The highest BCUT2D eigenvalue weighted by molar-refractivity contribution is 5.98. The number of carbonyl (C=O) groups is 2. The SMILES string of the molecule is Cn1cc(C(=O)NCC2CCN(C(=O)c3cc4ccc(C(C)(C)C)cc4[nH]3)CC2)cn1. The van der Waals surface area contributed by atoms with Gasteiger partial charge in [0.15, 0.2) is 0 Å². The van der Waals surface area contributed by atoms with Crippen molar-refractivity contribution >= 4 is 22.7 Å². The molecule has 1 aliphatic rings. The Bertz CT molecular complexity index is 1100. The number of aromatic nitrogens is 3. The number of hydrogen-bond acceptors (Lipinski definition) is 3. The Morgan fingerprint density at radius 1 is 1.19 bits per heavy atom. The molecule has 3 aromatic rings. The summed E-state index contributed by atoms with van der Waals surface area (Å²) >= 11 is 0. The van der Waals surface area contributed by atoms with Crippen molar-refractivity contribution in [3.63, 3.8) is 0 Å². The maximum atomic E-state index is 13.0. The van der Waals surface area contributed by atoms with Gasteiger partial charge in [0.05, 0.1) is 11.8 Å². The first-order valence-electron chi connectivity index (χ1n) is 10.9. The molecule has 31 heavy (non-hydrogen) atoms. The summed E-state index contributed by atoms with van der Waals surface area (Å²) in [5.41, 5.74) is 3.53. The number of nitrogens with zero attached hydrogens (tertiary/aromatic N) is 3. The van der Waals surface area contributed by atoms with Crippen LogP contribution in [0.1, 0.15) is 60.0 Å². The average Bonchev–Trinajstić information content (AvgIpc) is 3.37. The Balaban J connectivity index is 1.33. The molecule has 1 aromatic carbocycles. The van der Waals surface area contributed by atoms with Gasteiger partial charge in [-0.3, -0.25) is 14.3 Å². The first-order chi connectivity index (χ1) is 14.7. The van der Waals surface area contributed by atoms with Crippen LogP contribution in [0.3, 0.4) is 0 Å². The molecule has 4 rings (SSSR count). The van der Waals surface area contributed by atoms with Crippen molar-refractivity contribution < 1.29 is 9.59 Å². The molecule has 2 amide bonds. The predicted octanol–water partition coefficient (Wildman–Crippen LogP) is 3.48. The summed E-state index contributed by atoms with van der Waals surface area (Å²) in [5.74, 6) is 0.326. The highest BCUT2D eigenvalue weighted by Gasteiger charge is 2.25. The predicted molar refractivity (Wildman–Crippen MR) is 121 cm³/mol. The van der Waals surface area contributed by atoms with Gasteiger partial charge in [-0.1, -0.05) is 32.9 Å². The first kappa shape index (κ1) is 21.2. The Morgan fingerprint density at radius 2 is 1.94 bits per heavy atom. The van der Waals surface area contributed by atoms with E-state index in [0.29, 0.717) is 36.8 Å². The molecule has 2 N–H and O–H groups in total. The Morgan fingerprint density at radius 3 is 2.58 bits per heavy atom. The molecular formula is C24H31N5O2. The molecule has 0 aliphatic carbocycles. The summed E-state index contributed by atoms with van der Waals surface area (Å²) < 4.78 is 1.62. The minimum Gasteiger partial charge on any atom is -0.352 e. The third kappa shape index (κ3) is 4.65. The number of aryl methyl sites for hydroxylation is 1. The van der Waals surface area contributed by atoms with Crippen molar-refractivity contribution in [2.24, 2.45) is 13.0 Å². The van der Waals surface area contributed by atoms with Crippen molar-refractivity contribution in [1.29, 1.82) is 0 Å². The number of benzene rings is 1. The van der Waals surface area contributed by atoms with Crippen LogP contribution < -0.4 is 5.32 Å². The number of amides is 2. The zero-order valence-corrected chi connectivity index (χ0v) is 18.7. The summed E-state index contributed by atoms with van der Waals surface area (Å²) in [5, 5.41) is 8.08. The van der Waals surface area contributed by atoms with Gasteiger partial charge in [-0.2, -0.15) is 5.10 Å². The zero-order chi connectivity index (χ0) is 22.2. The number of H-pyrrole nitrogens is 1. The molecule has 0 radical (unpaired) electrons. The molecule has 7 nitrogen and oxygen atoms in total. The van der Waals surface area contributed by atoms with Gasteiger partial charge in [0.2, 0.25) is 0 Å². The number of rotatable bonds is 4. The standard InChI is InChI=1S/C24H31N5O2/c1-24(2,3)19-6-5-17-11-21(27-20(17)12-19)23(31)29-9-7-16(8-10-29)13-25-22(30)18-14-26-28(4)15-18/h5-6,11-12,14-16,27H,7-10,13H2,1-4H3,(H,25,30). The van der Waals surface area contributed by atoms with Crippen LogP contribution in [0, 0.1) is 5.92 Å². The van der Waals surface area contributed by atoms with Gasteiger partial charge in [0.1, 0.15) is 5.69 Å². The van der Waals surface area contributed by atoms with E-state index < -0.39 is 0 Å². The molecular weight excluding hydrogens is 390 g/mol. The highest BCUT2D eigenvalue weighted by atomic mass is 16.2. The van der Waals surface area contributed by atoms with Crippen LogP contribution in [0.5, 0.6) is 0 Å². The molecule has 0 unspecified atom stereocenters. The Hall–Kier alpha value is -3.09.